The Morgan fingerprint density at radius 3 is 2.33 bits per heavy atom. The first-order chi connectivity index (χ1) is 17.6. The fourth-order valence-corrected chi connectivity index (χ4v) is 5.66. The number of pyridine rings is 1. The lowest BCUT2D eigenvalue weighted by Gasteiger charge is -2.31. The van der Waals surface area contributed by atoms with Crippen LogP contribution >= 0.6 is 11.3 Å². The first-order valence-corrected chi connectivity index (χ1v) is 12.5. The number of methoxy groups -OCH3 is 1. The van der Waals surface area contributed by atoms with E-state index in [1.165, 1.54) is 11.3 Å². The number of para-hydroxylation sites is 2. The third-order valence-corrected chi connectivity index (χ3v) is 7.60. The van der Waals surface area contributed by atoms with E-state index in [4.69, 9.17) is 14.5 Å². The van der Waals surface area contributed by atoms with E-state index in [1.54, 1.807) is 18.2 Å². The zero-order valence-electron chi connectivity index (χ0n) is 19.8. The molecule has 0 saturated heterocycles. The summed E-state index contributed by atoms with van der Waals surface area (Å²) in [6.45, 7) is 2.34. The van der Waals surface area contributed by atoms with Gasteiger partial charge in [0.05, 0.1) is 30.0 Å². The van der Waals surface area contributed by atoms with Crippen LogP contribution in [0.15, 0.2) is 85.1 Å². The summed E-state index contributed by atoms with van der Waals surface area (Å²) < 4.78 is 12.7. The van der Waals surface area contributed by atoms with Crippen LogP contribution in [-0.2, 0) is 11.3 Å². The molecule has 0 bridgehead atoms. The van der Waals surface area contributed by atoms with Crippen molar-refractivity contribution in [1.82, 2.24) is 9.97 Å². The van der Waals surface area contributed by atoms with Crippen LogP contribution in [0.1, 0.15) is 28.3 Å². The van der Waals surface area contributed by atoms with Crippen LogP contribution in [0.2, 0.25) is 0 Å². The average molecular weight is 494 g/mol. The molecule has 6 rings (SSSR count). The van der Waals surface area contributed by atoms with Gasteiger partial charge in [0.25, 0.3) is 0 Å². The number of hydrogen-bond acceptors (Lipinski definition) is 6. The molecule has 0 saturated carbocycles. The zero-order valence-corrected chi connectivity index (χ0v) is 20.7. The highest BCUT2D eigenvalue weighted by Gasteiger charge is 2.37. The third kappa shape index (κ3) is 3.78. The van der Waals surface area contributed by atoms with Gasteiger partial charge in [0, 0.05) is 17.3 Å². The average Bonchev–Trinajstić information content (AvgIpc) is 3.37. The van der Waals surface area contributed by atoms with E-state index in [0.29, 0.717) is 28.9 Å². The van der Waals surface area contributed by atoms with Crippen molar-refractivity contribution in [3.63, 3.8) is 0 Å². The Bertz CT molecular complexity index is 1540. The second kappa shape index (κ2) is 9.09. The van der Waals surface area contributed by atoms with Gasteiger partial charge < -0.3 is 9.47 Å². The van der Waals surface area contributed by atoms with Crippen molar-refractivity contribution < 1.29 is 14.3 Å². The van der Waals surface area contributed by atoms with E-state index in [1.807, 2.05) is 85.8 Å². The highest BCUT2D eigenvalue weighted by molar-refractivity contribution is 7.22. The summed E-state index contributed by atoms with van der Waals surface area (Å²) in [6.07, 6.45) is 1.74. The number of fused-ring (bicyclic) bond motifs is 3. The topological polar surface area (TPSA) is 64.5 Å². The highest BCUT2D eigenvalue weighted by Crippen LogP contribution is 2.46. The molecule has 7 heteroatoms. The molecule has 0 unspecified atom stereocenters. The van der Waals surface area contributed by atoms with Gasteiger partial charge in [0.15, 0.2) is 5.13 Å². The molecule has 1 amide bonds. The smallest absolute Gasteiger partial charge is 0.241 e. The number of nitrogens with zero attached hydrogens (tertiary/aromatic N) is 3. The van der Waals surface area contributed by atoms with Gasteiger partial charge in [-0.25, -0.2) is 4.98 Å². The predicted molar refractivity (Wildman–Crippen MR) is 141 cm³/mol. The largest absolute Gasteiger partial charge is 0.494 e. The Balaban J connectivity index is 1.52. The summed E-state index contributed by atoms with van der Waals surface area (Å²) in [7, 11) is 1.63. The van der Waals surface area contributed by atoms with Crippen LogP contribution in [0.4, 0.5) is 5.13 Å². The summed E-state index contributed by atoms with van der Waals surface area (Å²) in [5.74, 6) is 1.44. The SMILES string of the molecule is COc1ccc(C)c2sc(N(Cc3ccccn3)C(=O)C3c4ccccc4Oc4ccccc43)nc12. The van der Waals surface area contributed by atoms with E-state index < -0.39 is 5.92 Å². The molecule has 5 aromatic rings. The van der Waals surface area contributed by atoms with Crippen LogP contribution < -0.4 is 14.4 Å². The number of ether oxygens (including phenoxy) is 2. The second-order valence-corrected chi connectivity index (χ2v) is 9.59. The molecule has 36 heavy (non-hydrogen) atoms. The van der Waals surface area contributed by atoms with Crippen LogP contribution in [0.5, 0.6) is 17.2 Å². The van der Waals surface area contributed by atoms with E-state index in [9.17, 15) is 4.79 Å². The highest BCUT2D eigenvalue weighted by atomic mass is 32.1. The minimum Gasteiger partial charge on any atom is -0.494 e. The molecule has 3 aromatic carbocycles. The number of amides is 1. The Hall–Kier alpha value is -4.23. The van der Waals surface area contributed by atoms with Gasteiger partial charge in [-0.2, -0.15) is 0 Å². The molecule has 0 N–H and O–H groups in total. The Labute approximate surface area is 212 Å². The molecule has 2 aromatic heterocycles. The number of carbonyl (C=O) groups is 1. The summed E-state index contributed by atoms with van der Waals surface area (Å²) in [4.78, 5) is 25.7. The van der Waals surface area contributed by atoms with Crippen molar-refractivity contribution in [2.24, 2.45) is 0 Å². The van der Waals surface area contributed by atoms with Crippen molar-refractivity contribution in [1.29, 1.82) is 0 Å². The maximum atomic E-state index is 14.5. The fraction of sp³-hybridized carbons (Fsp3) is 0.138. The molecule has 178 valence electrons. The van der Waals surface area contributed by atoms with Crippen molar-refractivity contribution in [2.75, 3.05) is 12.0 Å². The Morgan fingerprint density at radius 2 is 1.67 bits per heavy atom. The normalized spacial score (nSPS) is 12.5. The van der Waals surface area contributed by atoms with Crippen LogP contribution in [0.25, 0.3) is 10.2 Å². The van der Waals surface area contributed by atoms with Crippen molar-refractivity contribution >= 4 is 32.6 Å². The molecule has 3 heterocycles. The van der Waals surface area contributed by atoms with Gasteiger partial charge in [0.1, 0.15) is 22.8 Å². The number of aryl methyl sites for hydroxylation is 1. The molecule has 1 aliphatic heterocycles. The monoisotopic (exact) mass is 493 g/mol. The molecule has 0 spiro atoms. The minimum absolute atomic E-state index is 0.0838. The number of rotatable bonds is 5. The molecule has 0 aliphatic carbocycles. The Kier molecular flexibility index (Phi) is 5.62. The van der Waals surface area contributed by atoms with Gasteiger partial charge >= 0.3 is 0 Å². The second-order valence-electron chi connectivity index (χ2n) is 8.62. The van der Waals surface area contributed by atoms with Gasteiger partial charge in [-0.3, -0.25) is 14.7 Å². The molecule has 6 nitrogen and oxygen atoms in total. The first-order valence-electron chi connectivity index (χ1n) is 11.6. The van der Waals surface area contributed by atoms with Crippen molar-refractivity contribution in [3.8, 4) is 17.2 Å². The van der Waals surface area contributed by atoms with Crippen molar-refractivity contribution in [2.45, 2.75) is 19.4 Å². The first kappa shape index (κ1) is 22.2. The molecule has 0 atom stereocenters. The van der Waals surface area contributed by atoms with E-state index in [-0.39, 0.29) is 5.91 Å². The number of aromatic nitrogens is 2. The third-order valence-electron chi connectivity index (χ3n) is 6.38. The number of carbonyl (C=O) groups excluding carboxylic acids is 1. The van der Waals surface area contributed by atoms with E-state index in [2.05, 4.69) is 4.98 Å². The van der Waals surface area contributed by atoms with Gasteiger partial charge in [-0.05, 0) is 42.8 Å². The quantitative estimate of drug-likeness (QED) is 0.280. The number of thiazole rings is 1. The molecule has 0 radical (unpaired) electrons. The Morgan fingerprint density at radius 1 is 0.972 bits per heavy atom. The summed E-state index contributed by atoms with van der Waals surface area (Å²) >= 11 is 1.49. The van der Waals surface area contributed by atoms with Crippen molar-refractivity contribution in [3.05, 3.63) is 107 Å². The molecule has 1 aliphatic rings. The summed E-state index contributed by atoms with van der Waals surface area (Å²) in [6, 6.07) is 25.1. The maximum absolute atomic E-state index is 14.5. The van der Waals surface area contributed by atoms with Crippen LogP contribution in [0.3, 0.4) is 0 Å². The van der Waals surface area contributed by atoms with Gasteiger partial charge in [0.2, 0.25) is 5.91 Å². The predicted octanol–water partition coefficient (Wildman–Crippen LogP) is 6.48. The van der Waals surface area contributed by atoms with Gasteiger partial charge in [-0.15, -0.1) is 0 Å². The van der Waals surface area contributed by atoms with Crippen LogP contribution in [0, 0.1) is 6.92 Å². The van der Waals surface area contributed by atoms with E-state index in [0.717, 1.165) is 32.6 Å². The summed E-state index contributed by atoms with van der Waals surface area (Å²) in [5.41, 5.74) is 4.29. The lowest BCUT2D eigenvalue weighted by molar-refractivity contribution is -0.119. The minimum atomic E-state index is -0.537. The van der Waals surface area contributed by atoms with Crippen LogP contribution in [-0.4, -0.2) is 23.0 Å². The summed E-state index contributed by atoms with van der Waals surface area (Å²) in [5, 5.41) is 0.606. The number of anilines is 1. The zero-order chi connectivity index (χ0) is 24.6. The van der Waals surface area contributed by atoms with E-state index >= 15 is 0 Å². The van der Waals surface area contributed by atoms with Gasteiger partial charge in [-0.1, -0.05) is 59.9 Å². The molecular weight excluding hydrogens is 470 g/mol. The molecule has 0 fully saturated rings. The number of hydrogen-bond donors (Lipinski definition) is 0. The fourth-order valence-electron chi connectivity index (χ4n) is 4.60. The lowest BCUT2D eigenvalue weighted by Crippen LogP contribution is -2.36. The number of benzene rings is 3. The molecular formula is C29H23N3O3S. The standard InChI is InChI=1S/C29H23N3O3S/c1-18-14-15-24(34-2)26-27(18)36-29(31-26)32(17-19-9-7-8-16-30-19)28(33)25-20-10-3-5-12-22(20)35-23-13-6-4-11-21(23)25/h3-16,25H,17H2,1-2H3. The lowest BCUT2D eigenvalue weighted by atomic mass is 9.87. The maximum Gasteiger partial charge on any atom is 0.241 e.